The van der Waals surface area contributed by atoms with Crippen LogP contribution in [-0.2, 0) is 15.8 Å². The van der Waals surface area contributed by atoms with E-state index < -0.39 is 52.0 Å². The largest absolute Gasteiger partial charge is 0.418 e. The maximum atomic E-state index is 14.0. The van der Waals surface area contributed by atoms with Crippen molar-refractivity contribution in [2.75, 3.05) is 10.2 Å². The highest BCUT2D eigenvalue weighted by atomic mass is 19.4. The van der Waals surface area contributed by atoms with E-state index in [1.54, 1.807) is 0 Å². The van der Waals surface area contributed by atoms with E-state index in [0.29, 0.717) is 11.8 Å². The van der Waals surface area contributed by atoms with Crippen molar-refractivity contribution in [3.05, 3.63) is 70.9 Å². The van der Waals surface area contributed by atoms with Crippen molar-refractivity contribution in [2.45, 2.75) is 70.9 Å². The second-order valence-electron chi connectivity index (χ2n) is 9.15. The Labute approximate surface area is 211 Å². The summed E-state index contributed by atoms with van der Waals surface area (Å²) in [6, 6.07) is 3.90. The van der Waals surface area contributed by atoms with Gasteiger partial charge in [-0.2, -0.15) is 26.3 Å². The van der Waals surface area contributed by atoms with Crippen molar-refractivity contribution in [1.29, 1.82) is 0 Å². The number of hydrogen-bond donors (Lipinski definition) is 1. The second-order valence-corrected chi connectivity index (χ2v) is 9.15. The van der Waals surface area contributed by atoms with Crippen LogP contribution in [-0.4, -0.2) is 30.0 Å². The van der Waals surface area contributed by atoms with Gasteiger partial charge in [-0.3, -0.25) is 9.59 Å². The van der Waals surface area contributed by atoms with Gasteiger partial charge in [0.15, 0.2) is 5.78 Å². The van der Waals surface area contributed by atoms with Crippen LogP contribution in [0.3, 0.4) is 0 Å². The van der Waals surface area contributed by atoms with E-state index in [1.165, 1.54) is 26.8 Å². The molecule has 0 aromatic heterocycles. The highest BCUT2D eigenvalue weighted by molar-refractivity contribution is 6.30. The molecule has 2 saturated heterocycles. The van der Waals surface area contributed by atoms with Crippen LogP contribution in [0.4, 0.5) is 37.7 Å². The lowest BCUT2D eigenvalue weighted by Gasteiger charge is -2.26. The van der Waals surface area contributed by atoms with Gasteiger partial charge in [-0.15, -0.1) is 0 Å². The lowest BCUT2D eigenvalue weighted by atomic mass is 9.92. The molecular formula is C27H28F6N2O2. The number of ketones is 1. The van der Waals surface area contributed by atoms with E-state index >= 15 is 0 Å². The first-order chi connectivity index (χ1) is 17.2. The number of carbonyl (C=O) groups excluding carboxylic acids is 2. The van der Waals surface area contributed by atoms with Crippen LogP contribution >= 0.6 is 0 Å². The van der Waals surface area contributed by atoms with Gasteiger partial charge in [0.2, 0.25) is 0 Å². The molecular weight excluding hydrogens is 498 g/mol. The number of nitrogens with one attached hydrogen (secondary N) is 1. The number of Topliss-reactive ketones (excluding diaryl/α,β-unsaturated/α-hetero) is 1. The fourth-order valence-corrected chi connectivity index (χ4v) is 5.09. The second kappa shape index (κ2) is 10.6. The molecule has 3 rings (SSSR count). The summed E-state index contributed by atoms with van der Waals surface area (Å²) in [5.74, 6) is -2.55. The molecule has 2 aliphatic rings. The minimum atomic E-state index is -4.93. The third kappa shape index (κ3) is 5.83. The van der Waals surface area contributed by atoms with Gasteiger partial charge in [0.05, 0.1) is 22.4 Å². The molecule has 2 aliphatic heterocycles. The number of anilines is 2. The van der Waals surface area contributed by atoms with Crippen LogP contribution in [0.15, 0.2) is 65.3 Å². The van der Waals surface area contributed by atoms with Crippen molar-refractivity contribution < 1.29 is 35.9 Å². The number of rotatable bonds is 7. The van der Waals surface area contributed by atoms with Crippen molar-refractivity contribution in [2.24, 2.45) is 0 Å². The van der Waals surface area contributed by atoms with Crippen molar-refractivity contribution in [1.82, 2.24) is 0 Å². The van der Waals surface area contributed by atoms with Gasteiger partial charge in [-0.1, -0.05) is 24.8 Å². The number of halogens is 6. The Morgan fingerprint density at radius 2 is 1.59 bits per heavy atom. The van der Waals surface area contributed by atoms with E-state index in [0.717, 1.165) is 50.0 Å². The molecule has 2 fully saturated rings. The molecule has 1 N–H and O–H groups in total. The van der Waals surface area contributed by atoms with Gasteiger partial charge >= 0.3 is 12.4 Å². The van der Waals surface area contributed by atoms with E-state index in [-0.39, 0.29) is 17.7 Å². The van der Waals surface area contributed by atoms with Crippen LogP contribution in [0, 0.1) is 0 Å². The average molecular weight is 527 g/mol. The quantitative estimate of drug-likeness (QED) is 0.133. The van der Waals surface area contributed by atoms with Crippen molar-refractivity contribution >= 4 is 23.1 Å². The van der Waals surface area contributed by atoms with Gasteiger partial charge < -0.3 is 10.2 Å². The van der Waals surface area contributed by atoms with Gasteiger partial charge in [0, 0.05) is 23.3 Å². The molecule has 4 nitrogen and oxygen atoms in total. The van der Waals surface area contributed by atoms with Crippen molar-refractivity contribution in [3.8, 4) is 0 Å². The number of benzene rings is 1. The van der Waals surface area contributed by atoms with Crippen LogP contribution in [0.1, 0.15) is 52.0 Å². The first-order valence-corrected chi connectivity index (χ1v) is 11.8. The van der Waals surface area contributed by atoms with Gasteiger partial charge in [-0.25, -0.2) is 0 Å². The zero-order valence-corrected chi connectivity index (χ0v) is 20.7. The van der Waals surface area contributed by atoms with Crippen LogP contribution in [0.5, 0.6) is 0 Å². The smallest absolute Gasteiger partial charge is 0.366 e. The molecule has 1 amide bonds. The maximum Gasteiger partial charge on any atom is 0.418 e. The van der Waals surface area contributed by atoms with Crippen LogP contribution in [0.2, 0.25) is 0 Å². The van der Waals surface area contributed by atoms with Gasteiger partial charge in [-0.05, 0) is 70.2 Å². The monoisotopic (exact) mass is 526 g/mol. The molecule has 1 aromatic rings. The Kier molecular flexibility index (Phi) is 8.09. The zero-order chi connectivity index (χ0) is 27.7. The third-order valence-electron chi connectivity index (χ3n) is 6.65. The number of hydrogen-bond acceptors (Lipinski definition) is 3. The summed E-state index contributed by atoms with van der Waals surface area (Å²) in [6.07, 6.45) is -3.40. The SMILES string of the molecule is C=C(C)/C(C(=O)/C(=C\C)C(=O)Nc1ccc(N2C3CCC2CC3)cc1C(F)(F)F)=C(\C=C/C)C(F)(F)F. The number of fused-ring (bicyclic) bond motifs is 2. The summed E-state index contributed by atoms with van der Waals surface area (Å²) in [5.41, 5.74) is -4.43. The number of allylic oxidation sites excluding steroid dienone is 6. The van der Waals surface area contributed by atoms with E-state index in [2.05, 4.69) is 11.9 Å². The molecule has 200 valence electrons. The minimum absolute atomic E-state index is 0.172. The van der Waals surface area contributed by atoms with Gasteiger partial charge in [0.25, 0.3) is 5.91 Å². The fourth-order valence-electron chi connectivity index (χ4n) is 5.09. The summed E-state index contributed by atoms with van der Waals surface area (Å²) in [5, 5.41) is 2.09. The molecule has 1 aromatic carbocycles. The first kappa shape index (κ1) is 28.3. The average Bonchev–Trinajstić information content (AvgIpc) is 3.38. The minimum Gasteiger partial charge on any atom is -0.366 e. The molecule has 0 aliphatic carbocycles. The lowest BCUT2D eigenvalue weighted by Crippen LogP contribution is -2.29. The zero-order valence-electron chi connectivity index (χ0n) is 20.7. The maximum absolute atomic E-state index is 14.0. The van der Waals surface area contributed by atoms with E-state index in [1.807, 2.05) is 4.90 Å². The first-order valence-electron chi connectivity index (χ1n) is 11.8. The van der Waals surface area contributed by atoms with Crippen LogP contribution < -0.4 is 10.2 Å². The molecule has 0 saturated carbocycles. The van der Waals surface area contributed by atoms with E-state index in [4.69, 9.17) is 0 Å². The summed E-state index contributed by atoms with van der Waals surface area (Å²) in [4.78, 5) is 28.0. The summed E-state index contributed by atoms with van der Waals surface area (Å²) < 4.78 is 82.9. The van der Waals surface area contributed by atoms with Crippen molar-refractivity contribution in [3.63, 3.8) is 0 Å². The molecule has 2 bridgehead atoms. The standard InChI is InChI=1S/C27H28F6N2O2/c1-5-7-20(26(28,29)30)23(15(3)4)24(36)19(6-2)25(37)34-22-13-12-18(14-21(22)27(31,32)33)35-16-8-9-17(35)11-10-16/h5-7,12-14,16-17H,3,8-11H2,1-2,4H3,(H,34,37)/b7-5-,19-6+,23-20-. The molecule has 0 radical (unpaired) electrons. The Balaban J connectivity index is 1.98. The Bertz CT molecular complexity index is 1170. The van der Waals surface area contributed by atoms with Gasteiger partial charge in [0.1, 0.15) is 0 Å². The number of nitrogens with zero attached hydrogens (tertiary/aromatic N) is 1. The summed E-state index contributed by atoms with van der Waals surface area (Å²) in [7, 11) is 0. The molecule has 37 heavy (non-hydrogen) atoms. The Morgan fingerprint density at radius 3 is 2.03 bits per heavy atom. The predicted molar refractivity (Wildman–Crippen MR) is 130 cm³/mol. The molecule has 0 spiro atoms. The molecule has 10 heteroatoms. The number of amides is 1. The predicted octanol–water partition coefficient (Wildman–Crippen LogP) is 7.30. The Hall–Kier alpha value is -3.30. The summed E-state index contributed by atoms with van der Waals surface area (Å²) >= 11 is 0. The number of alkyl halides is 6. The normalized spacial score (nSPS) is 20.9. The fraction of sp³-hybridized carbons (Fsp3) is 0.407. The highest BCUT2D eigenvalue weighted by Gasteiger charge is 2.42. The Morgan fingerprint density at radius 1 is 1.03 bits per heavy atom. The summed E-state index contributed by atoms with van der Waals surface area (Å²) in [6.45, 7) is 7.18. The highest BCUT2D eigenvalue weighted by Crippen LogP contribution is 2.44. The lowest BCUT2D eigenvalue weighted by molar-refractivity contribution is -0.137. The number of carbonyl (C=O) groups is 2. The third-order valence-corrected chi connectivity index (χ3v) is 6.65. The molecule has 0 atom stereocenters. The molecule has 2 heterocycles. The van der Waals surface area contributed by atoms with Crippen LogP contribution in [0.25, 0.3) is 0 Å². The topological polar surface area (TPSA) is 49.4 Å². The van der Waals surface area contributed by atoms with E-state index in [9.17, 15) is 35.9 Å². The molecule has 0 unspecified atom stereocenters.